The Kier molecular flexibility index (Phi) is 5.92. The summed E-state index contributed by atoms with van der Waals surface area (Å²) in [6.07, 6.45) is 0. The minimum atomic E-state index is -0.396. The van der Waals surface area contributed by atoms with E-state index in [1.54, 1.807) is 11.3 Å². The summed E-state index contributed by atoms with van der Waals surface area (Å²) in [5, 5.41) is 3.48. The SMILES string of the molecule is CC1(C)OB(c2cccc(-c3ccc4c(c3)c3cc5sc(-c6ccccc6)nc5cc3n4-c3ccccc3)c2)OC1(C)C. The molecule has 5 aromatic carbocycles. The molecule has 0 atom stereocenters. The van der Waals surface area contributed by atoms with Gasteiger partial charge >= 0.3 is 7.12 Å². The first-order chi connectivity index (χ1) is 20.8. The maximum atomic E-state index is 6.37. The van der Waals surface area contributed by atoms with Crippen LogP contribution in [0.25, 0.3) is 59.4 Å². The van der Waals surface area contributed by atoms with Gasteiger partial charge in [0.05, 0.1) is 32.5 Å². The average molecular weight is 579 g/mol. The van der Waals surface area contributed by atoms with E-state index in [4.69, 9.17) is 14.3 Å². The Hall–Kier alpha value is -4.23. The lowest BCUT2D eigenvalue weighted by Crippen LogP contribution is -2.41. The number of fused-ring (bicyclic) bond motifs is 4. The standard InChI is InChI=1S/C37H31BN2O2S/c1-36(2)37(3,4)42-38(41-36)27-15-11-14-25(20-27)26-18-19-32-29(21-26)30-22-34-31(39-35(43-34)24-12-7-5-8-13-24)23-33(30)40(32)28-16-9-6-10-17-28/h5-23H,1-4H3. The van der Waals surface area contributed by atoms with E-state index in [-0.39, 0.29) is 11.2 Å². The molecule has 6 heteroatoms. The summed E-state index contributed by atoms with van der Waals surface area (Å²) in [6, 6.07) is 40.9. The van der Waals surface area contributed by atoms with Gasteiger partial charge in [0.1, 0.15) is 5.01 Å². The van der Waals surface area contributed by atoms with E-state index in [2.05, 4.69) is 141 Å². The Morgan fingerprint density at radius 3 is 2.02 bits per heavy atom. The molecule has 0 unspecified atom stereocenters. The maximum absolute atomic E-state index is 6.37. The lowest BCUT2D eigenvalue weighted by Gasteiger charge is -2.32. The van der Waals surface area contributed by atoms with Crippen LogP contribution in [0.2, 0.25) is 0 Å². The zero-order valence-corrected chi connectivity index (χ0v) is 25.5. The zero-order valence-electron chi connectivity index (χ0n) is 24.7. The van der Waals surface area contributed by atoms with Crippen LogP contribution < -0.4 is 5.46 Å². The molecule has 0 amide bonds. The van der Waals surface area contributed by atoms with Crippen LogP contribution in [-0.2, 0) is 9.31 Å². The van der Waals surface area contributed by atoms with E-state index < -0.39 is 7.12 Å². The van der Waals surface area contributed by atoms with Crippen molar-refractivity contribution in [3.8, 4) is 27.4 Å². The molecule has 43 heavy (non-hydrogen) atoms. The maximum Gasteiger partial charge on any atom is 0.494 e. The molecule has 0 aliphatic carbocycles. The first-order valence-corrected chi connectivity index (χ1v) is 15.5. The van der Waals surface area contributed by atoms with Crippen LogP contribution in [0.1, 0.15) is 27.7 Å². The smallest absolute Gasteiger partial charge is 0.399 e. The largest absolute Gasteiger partial charge is 0.494 e. The van der Waals surface area contributed by atoms with Crippen LogP contribution in [0.3, 0.4) is 0 Å². The Morgan fingerprint density at radius 2 is 1.28 bits per heavy atom. The summed E-state index contributed by atoms with van der Waals surface area (Å²) in [5.41, 5.74) is 8.20. The molecule has 0 bridgehead atoms. The predicted octanol–water partition coefficient (Wildman–Crippen LogP) is 9.03. The second kappa shape index (κ2) is 9.65. The highest BCUT2D eigenvalue weighted by molar-refractivity contribution is 7.21. The van der Waals surface area contributed by atoms with Gasteiger partial charge in [-0.15, -0.1) is 11.3 Å². The summed E-state index contributed by atoms with van der Waals surface area (Å²) in [4.78, 5) is 5.05. The number of hydrogen-bond donors (Lipinski definition) is 0. The summed E-state index contributed by atoms with van der Waals surface area (Å²) < 4.78 is 16.3. The number of rotatable bonds is 4. The van der Waals surface area contributed by atoms with Crippen LogP contribution in [-0.4, -0.2) is 27.9 Å². The Balaban J connectivity index is 1.30. The van der Waals surface area contributed by atoms with Gasteiger partial charge in [0.25, 0.3) is 0 Å². The average Bonchev–Trinajstić information content (AvgIpc) is 3.65. The molecule has 210 valence electrons. The fraction of sp³-hybridized carbons (Fsp3) is 0.162. The molecule has 1 saturated heterocycles. The predicted molar refractivity (Wildman–Crippen MR) is 181 cm³/mol. The van der Waals surface area contributed by atoms with Crippen LogP contribution in [0.4, 0.5) is 0 Å². The van der Waals surface area contributed by atoms with Crippen molar-refractivity contribution in [1.29, 1.82) is 0 Å². The fourth-order valence-corrected chi connectivity index (χ4v) is 7.02. The molecule has 0 saturated carbocycles. The van der Waals surface area contributed by atoms with Crippen molar-refractivity contribution in [2.75, 3.05) is 0 Å². The van der Waals surface area contributed by atoms with E-state index in [1.165, 1.54) is 21.0 Å². The van der Waals surface area contributed by atoms with Crippen molar-refractivity contribution in [3.05, 3.63) is 115 Å². The second-order valence-electron chi connectivity index (χ2n) is 12.3. The van der Waals surface area contributed by atoms with Crippen LogP contribution in [0.5, 0.6) is 0 Å². The normalized spacial score (nSPS) is 16.0. The van der Waals surface area contributed by atoms with Crippen molar-refractivity contribution in [2.24, 2.45) is 0 Å². The fourth-order valence-electron chi connectivity index (χ4n) is 6.02. The number of thiazole rings is 1. The molecular formula is C37H31BN2O2S. The molecule has 1 aliphatic heterocycles. The van der Waals surface area contributed by atoms with Crippen LogP contribution in [0, 0.1) is 0 Å². The minimum absolute atomic E-state index is 0.381. The van der Waals surface area contributed by atoms with E-state index in [0.29, 0.717) is 0 Å². The highest BCUT2D eigenvalue weighted by atomic mass is 32.1. The lowest BCUT2D eigenvalue weighted by molar-refractivity contribution is 0.00578. The quantitative estimate of drug-likeness (QED) is 0.196. The summed E-state index contributed by atoms with van der Waals surface area (Å²) in [5.74, 6) is 0. The molecule has 0 radical (unpaired) electrons. The molecule has 0 spiro atoms. The monoisotopic (exact) mass is 578 g/mol. The molecular weight excluding hydrogens is 547 g/mol. The molecule has 8 rings (SSSR count). The van der Waals surface area contributed by atoms with Gasteiger partial charge in [0.15, 0.2) is 0 Å². The number of hydrogen-bond acceptors (Lipinski definition) is 4. The van der Waals surface area contributed by atoms with E-state index in [9.17, 15) is 0 Å². The Bertz CT molecular complexity index is 2130. The van der Waals surface area contributed by atoms with Gasteiger partial charge in [-0.3, -0.25) is 0 Å². The Morgan fingerprint density at radius 1 is 0.628 bits per heavy atom. The number of nitrogens with zero attached hydrogens (tertiary/aromatic N) is 2. The van der Waals surface area contributed by atoms with E-state index in [1.807, 2.05) is 6.07 Å². The van der Waals surface area contributed by atoms with E-state index >= 15 is 0 Å². The highest BCUT2D eigenvalue weighted by Crippen LogP contribution is 2.40. The molecule has 1 aliphatic rings. The molecule has 0 N–H and O–H groups in total. The van der Waals surface area contributed by atoms with Crippen LogP contribution >= 0.6 is 11.3 Å². The molecule has 7 aromatic rings. The summed E-state index contributed by atoms with van der Waals surface area (Å²) in [6.45, 7) is 8.37. The van der Waals surface area contributed by atoms with Gasteiger partial charge in [0.2, 0.25) is 0 Å². The third-order valence-corrected chi connectivity index (χ3v) is 10.1. The third-order valence-electron chi connectivity index (χ3n) is 9.05. The van der Waals surface area contributed by atoms with Gasteiger partial charge in [-0.2, -0.15) is 0 Å². The second-order valence-corrected chi connectivity index (χ2v) is 13.4. The molecule has 2 aromatic heterocycles. The summed E-state index contributed by atoms with van der Waals surface area (Å²) >= 11 is 1.75. The highest BCUT2D eigenvalue weighted by Gasteiger charge is 2.51. The summed E-state index contributed by atoms with van der Waals surface area (Å²) in [7, 11) is -0.396. The van der Waals surface area contributed by atoms with Crippen molar-refractivity contribution >= 4 is 55.9 Å². The molecule has 1 fully saturated rings. The third kappa shape index (κ3) is 4.32. The topological polar surface area (TPSA) is 36.3 Å². The minimum Gasteiger partial charge on any atom is -0.399 e. The van der Waals surface area contributed by atoms with E-state index in [0.717, 1.165) is 43.9 Å². The zero-order chi connectivity index (χ0) is 29.3. The van der Waals surface area contributed by atoms with Gasteiger partial charge in [0, 0.05) is 22.0 Å². The van der Waals surface area contributed by atoms with Crippen molar-refractivity contribution in [1.82, 2.24) is 9.55 Å². The first-order valence-electron chi connectivity index (χ1n) is 14.7. The molecule has 3 heterocycles. The number of aromatic nitrogens is 2. The lowest BCUT2D eigenvalue weighted by atomic mass is 9.78. The van der Waals surface area contributed by atoms with Crippen molar-refractivity contribution < 1.29 is 9.31 Å². The van der Waals surface area contributed by atoms with Crippen molar-refractivity contribution in [3.63, 3.8) is 0 Å². The first kappa shape index (κ1) is 26.4. The molecule has 4 nitrogen and oxygen atoms in total. The van der Waals surface area contributed by atoms with Gasteiger partial charge in [-0.05, 0) is 80.7 Å². The van der Waals surface area contributed by atoms with Gasteiger partial charge < -0.3 is 13.9 Å². The van der Waals surface area contributed by atoms with Gasteiger partial charge in [-0.1, -0.05) is 78.9 Å². The number of benzene rings is 5. The van der Waals surface area contributed by atoms with Gasteiger partial charge in [-0.25, -0.2) is 4.98 Å². The van der Waals surface area contributed by atoms with Crippen molar-refractivity contribution in [2.45, 2.75) is 38.9 Å². The van der Waals surface area contributed by atoms with Crippen LogP contribution in [0.15, 0.2) is 115 Å². The Labute approximate surface area is 255 Å². The number of para-hydroxylation sites is 1.